The molecule has 0 amide bonds. The molecule has 24 heavy (non-hydrogen) atoms. The number of nitrogens with one attached hydrogen (secondary N) is 2. The maximum Gasteiger partial charge on any atom is 0.222 e. The molecule has 2 aromatic heterocycles. The van der Waals surface area contributed by atoms with Gasteiger partial charge < -0.3 is 16.2 Å². The van der Waals surface area contributed by atoms with E-state index < -0.39 is 0 Å². The summed E-state index contributed by atoms with van der Waals surface area (Å²) in [5.41, 5.74) is 8.64. The maximum atomic E-state index is 9.31. The number of aliphatic hydroxyl groups is 1. The largest absolute Gasteiger partial charge is 0.396 e. The van der Waals surface area contributed by atoms with Gasteiger partial charge in [0.15, 0.2) is 0 Å². The van der Waals surface area contributed by atoms with Crippen LogP contribution in [0.25, 0.3) is 22.2 Å². The molecule has 0 aliphatic heterocycles. The number of hydrogen-bond acceptors (Lipinski definition) is 6. The molecule has 1 aromatic carbocycles. The van der Waals surface area contributed by atoms with Crippen molar-refractivity contribution >= 4 is 22.7 Å². The SMILES string of the molecule is Nc1nc(N[C@H]2CC[C@@H](CO)C2)c2ccc(-c3ccn[nH]3)cc2n1. The summed E-state index contributed by atoms with van der Waals surface area (Å²) < 4.78 is 0. The van der Waals surface area contributed by atoms with Crippen LogP contribution in [-0.2, 0) is 0 Å². The number of fused-ring (bicyclic) bond motifs is 1. The molecule has 1 saturated carbocycles. The first-order valence-electron chi connectivity index (χ1n) is 8.17. The number of anilines is 2. The van der Waals surface area contributed by atoms with E-state index in [1.165, 1.54) is 0 Å². The lowest BCUT2D eigenvalue weighted by molar-refractivity contribution is 0.229. The van der Waals surface area contributed by atoms with Gasteiger partial charge >= 0.3 is 0 Å². The van der Waals surface area contributed by atoms with Gasteiger partial charge in [0, 0.05) is 29.8 Å². The molecule has 2 atom stereocenters. The molecule has 4 rings (SSSR count). The third-order valence-electron chi connectivity index (χ3n) is 4.67. The molecule has 7 nitrogen and oxygen atoms in total. The summed E-state index contributed by atoms with van der Waals surface area (Å²) in [4.78, 5) is 8.75. The van der Waals surface area contributed by atoms with Gasteiger partial charge in [0.05, 0.1) is 11.2 Å². The zero-order chi connectivity index (χ0) is 16.5. The van der Waals surface area contributed by atoms with Crippen LogP contribution in [-0.4, -0.2) is 37.9 Å². The first-order chi connectivity index (χ1) is 11.7. The predicted molar refractivity (Wildman–Crippen MR) is 93.4 cm³/mol. The minimum atomic E-state index is 0.248. The smallest absolute Gasteiger partial charge is 0.222 e. The van der Waals surface area contributed by atoms with Gasteiger partial charge in [-0.25, -0.2) is 4.98 Å². The number of nitrogens with two attached hydrogens (primary N) is 1. The summed E-state index contributed by atoms with van der Waals surface area (Å²) >= 11 is 0. The van der Waals surface area contributed by atoms with E-state index in [9.17, 15) is 5.11 Å². The second-order valence-corrected chi connectivity index (χ2v) is 6.34. The number of aliphatic hydroxyl groups excluding tert-OH is 1. The number of aromatic amines is 1. The molecule has 0 saturated heterocycles. The fraction of sp³-hybridized carbons (Fsp3) is 0.353. The normalized spacial score (nSPS) is 20.5. The summed E-state index contributed by atoms with van der Waals surface area (Å²) in [6.07, 6.45) is 4.74. The molecule has 2 heterocycles. The van der Waals surface area contributed by atoms with Crippen molar-refractivity contribution in [2.75, 3.05) is 17.7 Å². The van der Waals surface area contributed by atoms with E-state index in [1.54, 1.807) is 6.20 Å². The first kappa shape index (κ1) is 14.9. The molecular formula is C17H20N6O. The number of rotatable bonds is 4. The number of nitrogens with zero attached hydrogens (tertiary/aromatic N) is 3. The van der Waals surface area contributed by atoms with Crippen molar-refractivity contribution in [1.29, 1.82) is 0 Å². The van der Waals surface area contributed by atoms with Gasteiger partial charge in [0.1, 0.15) is 5.82 Å². The highest BCUT2D eigenvalue weighted by Gasteiger charge is 2.24. The minimum absolute atomic E-state index is 0.248. The van der Waals surface area contributed by atoms with Crippen molar-refractivity contribution in [3.05, 3.63) is 30.5 Å². The number of hydrogen-bond donors (Lipinski definition) is 4. The van der Waals surface area contributed by atoms with Crippen molar-refractivity contribution in [3.63, 3.8) is 0 Å². The van der Waals surface area contributed by atoms with Crippen LogP contribution in [0.3, 0.4) is 0 Å². The van der Waals surface area contributed by atoms with Crippen LogP contribution in [0.1, 0.15) is 19.3 Å². The van der Waals surface area contributed by atoms with Gasteiger partial charge in [0.25, 0.3) is 0 Å². The Morgan fingerprint density at radius 1 is 1.25 bits per heavy atom. The summed E-state index contributed by atoms with van der Waals surface area (Å²) in [6, 6.07) is 8.24. The Morgan fingerprint density at radius 2 is 2.17 bits per heavy atom. The van der Waals surface area contributed by atoms with Crippen LogP contribution in [0.2, 0.25) is 0 Å². The number of H-pyrrole nitrogens is 1. The summed E-state index contributed by atoms with van der Waals surface area (Å²) in [6.45, 7) is 0.248. The molecule has 1 aliphatic rings. The van der Waals surface area contributed by atoms with E-state index in [0.717, 1.165) is 47.2 Å². The average molecular weight is 324 g/mol. The lowest BCUT2D eigenvalue weighted by Crippen LogP contribution is -2.18. The third kappa shape index (κ3) is 2.78. The standard InChI is InChI=1S/C17H20N6O/c18-17-21-15-8-11(14-5-6-19-23-14)2-4-13(15)16(22-17)20-12-3-1-10(7-12)9-24/h2,4-6,8,10,12,24H,1,3,7,9H2,(H,19,23)(H3,18,20,21,22)/t10-,12+/m1/s1. The summed E-state index contributed by atoms with van der Waals surface area (Å²) in [7, 11) is 0. The lowest BCUT2D eigenvalue weighted by Gasteiger charge is -2.16. The quantitative estimate of drug-likeness (QED) is 0.585. The molecule has 0 unspecified atom stereocenters. The second-order valence-electron chi connectivity index (χ2n) is 6.34. The van der Waals surface area contributed by atoms with E-state index in [2.05, 4.69) is 25.5 Å². The topological polar surface area (TPSA) is 113 Å². The Bertz CT molecular complexity index is 848. The van der Waals surface area contributed by atoms with Crippen molar-refractivity contribution < 1.29 is 5.11 Å². The molecule has 0 spiro atoms. The van der Waals surface area contributed by atoms with Crippen molar-refractivity contribution in [2.45, 2.75) is 25.3 Å². The number of benzene rings is 1. The van der Waals surface area contributed by atoms with Crippen LogP contribution in [0, 0.1) is 5.92 Å². The van der Waals surface area contributed by atoms with E-state index in [0.29, 0.717) is 12.0 Å². The highest BCUT2D eigenvalue weighted by Crippen LogP contribution is 2.31. The van der Waals surface area contributed by atoms with Crippen LogP contribution in [0.15, 0.2) is 30.5 Å². The minimum Gasteiger partial charge on any atom is -0.396 e. The Labute approximate surface area is 139 Å². The summed E-state index contributed by atoms with van der Waals surface area (Å²) in [5, 5.41) is 20.7. The van der Waals surface area contributed by atoms with E-state index in [4.69, 9.17) is 5.73 Å². The molecule has 5 N–H and O–H groups in total. The third-order valence-corrected chi connectivity index (χ3v) is 4.67. The molecule has 124 valence electrons. The second kappa shape index (κ2) is 6.09. The van der Waals surface area contributed by atoms with Gasteiger partial charge in [-0.2, -0.15) is 10.1 Å². The highest BCUT2D eigenvalue weighted by atomic mass is 16.3. The zero-order valence-electron chi connectivity index (χ0n) is 13.2. The molecule has 1 fully saturated rings. The Balaban J connectivity index is 1.68. The molecule has 7 heteroatoms. The van der Waals surface area contributed by atoms with Gasteiger partial charge in [-0.05, 0) is 43.4 Å². The Hall–Kier alpha value is -2.67. The van der Waals surface area contributed by atoms with Crippen molar-refractivity contribution in [3.8, 4) is 11.3 Å². The van der Waals surface area contributed by atoms with Crippen LogP contribution in [0.5, 0.6) is 0 Å². The van der Waals surface area contributed by atoms with E-state index in [1.807, 2.05) is 24.3 Å². The fourth-order valence-electron chi connectivity index (χ4n) is 3.41. The number of aromatic nitrogens is 4. The average Bonchev–Trinajstić information content (AvgIpc) is 3.25. The van der Waals surface area contributed by atoms with Gasteiger partial charge in [-0.1, -0.05) is 6.07 Å². The Kier molecular flexibility index (Phi) is 3.78. The van der Waals surface area contributed by atoms with Gasteiger partial charge in [-0.3, -0.25) is 5.10 Å². The van der Waals surface area contributed by atoms with Crippen LogP contribution >= 0.6 is 0 Å². The predicted octanol–water partition coefficient (Wildman–Crippen LogP) is 2.17. The Morgan fingerprint density at radius 3 is 2.92 bits per heavy atom. The van der Waals surface area contributed by atoms with E-state index >= 15 is 0 Å². The monoisotopic (exact) mass is 324 g/mol. The highest BCUT2D eigenvalue weighted by molar-refractivity contribution is 5.92. The maximum absolute atomic E-state index is 9.31. The van der Waals surface area contributed by atoms with Crippen LogP contribution in [0.4, 0.5) is 11.8 Å². The van der Waals surface area contributed by atoms with Crippen molar-refractivity contribution in [2.24, 2.45) is 5.92 Å². The molecular weight excluding hydrogens is 304 g/mol. The fourth-order valence-corrected chi connectivity index (χ4v) is 3.41. The summed E-state index contributed by atoms with van der Waals surface area (Å²) in [5.74, 6) is 1.39. The van der Waals surface area contributed by atoms with Crippen molar-refractivity contribution in [1.82, 2.24) is 20.2 Å². The van der Waals surface area contributed by atoms with Gasteiger partial charge in [-0.15, -0.1) is 0 Å². The zero-order valence-corrected chi connectivity index (χ0v) is 13.2. The van der Waals surface area contributed by atoms with Crippen LogP contribution < -0.4 is 11.1 Å². The first-order valence-corrected chi connectivity index (χ1v) is 8.17. The molecule has 0 bridgehead atoms. The molecule has 0 radical (unpaired) electrons. The van der Waals surface area contributed by atoms with Gasteiger partial charge in [0.2, 0.25) is 5.95 Å². The molecule has 3 aromatic rings. The number of nitrogen functional groups attached to an aromatic ring is 1. The lowest BCUT2D eigenvalue weighted by atomic mass is 10.1. The van der Waals surface area contributed by atoms with E-state index in [-0.39, 0.29) is 12.6 Å². The molecule has 1 aliphatic carbocycles.